The van der Waals surface area contributed by atoms with Crippen LogP contribution in [0.1, 0.15) is 17.2 Å². The summed E-state index contributed by atoms with van der Waals surface area (Å²) in [6.07, 6.45) is 4.07. The van der Waals surface area contributed by atoms with E-state index in [1.54, 1.807) is 0 Å². The van der Waals surface area contributed by atoms with Crippen LogP contribution in [-0.2, 0) is 4.74 Å². The summed E-state index contributed by atoms with van der Waals surface area (Å²) in [4.78, 5) is 4.25. The number of ether oxygens (including phenoxy) is 1. The average molecular weight is 238 g/mol. The van der Waals surface area contributed by atoms with E-state index in [4.69, 9.17) is 4.74 Å². The Labute approximate surface area is 101 Å². The number of hydrogen-bond acceptors (Lipinski definition) is 4. The van der Waals surface area contributed by atoms with E-state index in [0.717, 1.165) is 18.1 Å². The Bertz CT molecular complexity index is 340. The fourth-order valence-electron chi connectivity index (χ4n) is 2.01. The Balaban J connectivity index is 2.14. The minimum absolute atomic E-state index is 0.250. The summed E-state index contributed by atoms with van der Waals surface area (Å²) in [6, 6.07) is 2.43. The van der Waals surface area contributed by atoms with Crippen molar-refractivity contribution in [1.82, 2.24) is 10.3 Å². The highest BCUT2D eigenvalue weighted by Crippen LogP contribution is 2.25. The summed E-state index contributed by atoms with van der Waals surface area (Å²) in [5.74, 6) is 2.17. The zero-order chi connectivity index (χ0) is 11.4. The molecule has 0 saturated carbocycles. The molecule has 0 aromatic carbocycles. The number of aryl methyl sites for hydroxylation is 1. The van der Waals surface area contributed by atoms with E-state index in [1.807, 2.05) is 31.2 Å². The van der Waals surface area contributed by atoms with E-state index in [0.29, 0.717) is 0 Å². The average Bonchev–Trinajstić information content (AvgIpc) is 2.31. The van der Waals surface area contributed by atoms with E-state index in [-0.39, 0.29) is 12.1 Å². The molecule has 0 aliphatic carbocycles. The molecule has 88 valence electrons. The van der Waals surface area contributed by atoms with Crippen molar-refractivity contribution in [2.45, 2.75) is 19.1 Å². The molecule has 3 nitrogen and oxygen atoms in total. The number of thioether (sulfide) groups is 1. The molecule has 1 saturated heterocycles. The van der Waals surface area contributed by atoms with Crippen LogP contribution >= 0.6 is 11.8 Å². The lowest BCUT2D eigenvalue weighted by Crippen LogP contribution is -2.36. The van der Waals surface area contributed by atoms with Crippen LogP contribution < -0.4 is 5.32 Å². The Hall–Kier alpha value is -0.580. The second kappa shape index (κ2) is 5.66. The Kier molecular flexibility index (Phi) is 4.21. The van der Waals surface area contributed by atoms with Crippen molar-refractivity contribution in [2.24, 2.45) is 0 Å². The first-order valence-electron chi connectivity index (χ1n) is 5.59. The predicted molar refractivity (Wildman–Crippen MR) is 67.8 cm³/mol. The maximum Gasteiger partial charge on any atom is 0.0860 e. The number of pyridine rings is 1. The zero-order valence-electron chi connectivity index (χ0n) is 9.77. The summed E-state index contributed by atoms with van der Waals surface area (Å²) < 4.78 is 5.81. The van der Waals surface area contributed by atoms with Gasteiger partial charge in [0.05, 0.1) is 18.8 Å². The number of hydrogen-bond donors (Lipinski definition) is 1. The molecular weight excluding hydrogens is 220 g/mol. The molecular formula is C12H18N2OS. The normalized spacial score (nSPS) is 23.0. The van der Waals surface area contributed by atoms with Gasteiger partial charge in [0.1, 0.15) is 0 Å². The van der Waals surface area contributed by atoms with E-state index >= 15 is 0 Å². The fourth-order valence-corrected chi connectivity index (χ4v) is 2.92. The lowest BCUT2D eigenvalue weighted by atomic mass is 10.0. The number of likely N-dealkylation sites (N-methyl/N-ethyl adjacent to an activating group) is 1. The first kappa shape index (κ1) is 11.9. The summed E-state index contributed by atoms with van der Waals surface area (Å²) in [6.45, 7) is 2.92. The van der Waals surface area contributed by atoms with Crippen LogP contribution in [0, 0.1) is 6.92 Å². The molecule has 1 N–H and O–H groups in total. The van der Waals surface area contributed by atoms with Crippen molar-refractivity contribution in [2.75, 3.05) is 25.2 Å². The molecule has 0 spiro atoms. The van der Waals surface area contributed by atoms with Crippen LogP contribution in [0.3, 0.4) is 0 Å². The number of aromatic nitrogens is 1. The molecule has 2 heterocycles. The predicted octanol–water partition coefficient (Wildman–Crippen LogP) is 1.78. The lowest BCUT2D eigenvalue weighted by molar-refractivity contribution is 0.0487. The van der Waals surface area contributed by atoms with Gasteiger partial charge in [-0.15, -0.1) is 0 Å². The van der Waals surface area contributed by atoms with E-state index in [9.17, 15) is 0 Å². The molecule has 1 aromatic rings. The monoisotopic (exact) mass is 238 g/mol. The Morgan fingerprint density at radius 2 is 2.44 bits per heavy atom. The molecule has 1 aliphatic rings. The first-order chi connectivity index (χ1) is 7.81. The van der Waals surface area contributed by atoms with Gasteiger partial charge in [0.25, 0.3) is 0 Å². The van der Waals surface area contributed by atoms with Gasteiger partial charge in [-0.3, -0.25) is 4.98 Å². The third-order valence-corrected chi connectivity index (χ3v) is 3.80. The molecule has 1 aliphatic heterocycles. The van der Waals surface area contributed by atoms with Crippen LogP contribution in [0.2, 0.25) is 0 Å². The number of nitrogens with one attached hydrogen (secondary N) is 1. The van der Waals surface area contributed by atoms with Crippen molar-refractivity contribution in [3.05, 3.63) is 29.6 Å². The zero-order valence-corrected chi connectivity index (χ0v) is 10.6. The minimum Gasteiger partial charge on any atom is -0.375 e. The maximum absolute atomic E-state index is 5.81. The largest absolute Gasteiger partial charge is 0.375 e. The highest BCUT2D eigenvalue weighted by atomic mass is 32.2. The van der Waals surface area contributed by atoms with Gasteiger partial charge < -0.3 is 10.1 Å². The molecule has 0 bridgehead atoms. The molecule has 2 rings (SSSR count). The second-order valence-electron chi connectivity index (χ2n) is 4.05. The third kappa shape index (κ3) is 2.75. The van der Waals surface area contributed by atoms with Gasteiger partial charge in [-0.05, 0) is 25.1 Å². The van der Waals surface area contributed by atoms with Crippen LogP contribution in [0.25, 0.3) is 0 Å². The smallest absolute Gasteiger partial charge is 0.0860 e. The molecule has 4 heteroatoms. The molecule has 0 radical (unpaired) electrons. The van der Waals surface area contributed by atoms with Crippen LogP contribution in [0.15, 0.2) is 18.5 Å². The molecule has 0 amide bonds. The van der Waals surface area contributed by atoms with E-state index in [2.05, 4.69) is 23.3 Å². The van der Waals surface area contributed by atoms with Gasteiger partial charge in [0, 0.05) is 23.9 Å². The fraction of sp³-hybridized carbons (Fsp3) is 0.583. The molecule has 2 unspecified atom stereocenters. The van der Waals surface area contributed by atoms with Gasteiger partial charge in [0.2, 0.25) is 0 Å². The quantitative estimate of drug-likeness (QED) is 0.870. The molecule has 2 atom stereocenters. The second-order valence-corrected chi connectivity index (χ2v) is 5.20. The Morgan fingerprint density at radius 3 is 3.06 bits per heavy atom. The number of nitrogens with zero attached hydrogens (tertiary/aromatic N) is 1. The first-order valence-corrected chi connectivity index (χ1v) is 6.75. The van der Waals surface area contributed by atoms with E-state index in [1.165, 1.54) is 11.1 Å². The number of rotatable bonds is 3. The van der Waals surface area contributed by atoms with Gasteiger partial charge in [-0.1, -0.05) is 6.07 Å². The van der Waals surface area contributed by atoms with Crippen LogP contribution in [-0.4, -0.2) is 36.2 Å². The van der Waals surface area contributed by atoms with Gasteiger partial charge >= 0.3 is 0 Å². The van der Waals surface area contributed by atoms with Crippen molar-refractivity contribution >= 4 is 11.8 Å². The highest BCUT2D eigenvalue weighted by molar-refractivity contribution is 7.99. The van der Waals surface area contributed by atoms with Crippen molar-refractivity contribution in [3.63, 3.8) is 0 Å². The summed E-state index contributed by atoms with van der Waals surface area (Å²) in [5, 5.41) is 3.34. The van der Waals surface area contributed by atoms with Crippen molar-refractivity contribution in [1.29, 1.82) is 0 Å². The molecule has 1 aromatic heterocycles. The summed E-state index contributed by atoms with van der Waals surface area (Å²) >= 11 is 1.96. The van der Waals surface area contributed by atoms with Crippen LogP contribution in [0.4, 0.5) is 0 Å². The van der Waals surface area contributed by atoms with Gasteiger partial charge in [-0.2, -0.15) is 11.8 Å². The summed E-state index contributed by atoms with van der Waals surface area (Å²) in [7, 11) is 1.98. The Morgan fingerprint density at radius 1 is 1.56 bits per heavy atom. The van der Waals surface area contributed by atoms with Crippen LogP contribution in [0.5, 0.6) is 0 Å². The van der Waals surface area contributed by atoms with Gasteiger partial charge in [0.15, 0.2) is 0 Å². The summed E-state index contributed by atoms with van der Waals surface area (Å²) in [5.41, 5.74) is 2.41. The lowest BCUT2D eigenvalue weighted by Gasteiger charge is -2.30. The van der Waals surface area contributed by atoms with E-state index < -0.39 is 0 Å². The maximum atomic E-state index is 5.81. The SMILES string of the molecule is CNC(c1cncc(C)c1)C1CSCCO1. The van der Waals surface area contributed by atoms with Gasteiger partial charge in [-0.25, -0.2) is 0 Å². The van der Waals surface area contributed by atoms with Crippen molar-refractivity contribution in [3.8, 4) is 0 Å². The molecule has 16 heavy (non-hydrogen) atoms. The van der Waals surface area contributed by atoms with Crippen molar-refractivity contribution < 1.29 is 4.74 Å². The third-order valence-electron chi connectivity index (χ3n) is 2.78. The molecule has 1 fully saturated rings. The standard InChI is InChI=1S/C12H18N2OS/c1-9-5-10(7-14-6-9)12(13-2)11-8-16-4-3-15-11/h5-7,11-13H,3-4,8H2,1-2H3. The highest BCUT2D eigenvalue weighted by Gasteiger charge is 2.25. The minimum atomic E-state index is 0.250. The topological polar surface area (TPSA) is 34.2 Å².